The van der Waals surface area contributed by atoms with E-state index >= 15 is 0 Å². The highest BCUT2D eigenvalue weighted by Crippen LogP contribution is 2.57. The van der Waals surface area contributed by atoms with Crippen LogP contribution in [0.1, 0.15) is 22.8 Å². The number of thiazole rings is 1. The second kappa shape index (κ2) is 6.24. The van der Waals surface area contributed by atoms with Crippen molar-refractivity contribution in [3.8, 4) is 5.75 Å². The molecule has 1 fully saturated rings. The number of amides is 2. The van der Waals surface area contributed by atoms with Crippen LogP contribution in [0, 0.1) is 5.41 Å². The van der Waals surface area contributed by atoms with Crippen LogP contribution < -0.4 is 4.87 Å². The van der Waals surface area contributed by atoms with Gasteiger partial charge in [-0.1, -0.05) is 29.5 Å². The highest BCUT2D eigenvalue weighted by Gasteiger charge is 2.60. The molecule has 1 saturated heterocycles. The normalized spacial score (nSPS) is 24.4. The topological polar surface area (TPSA) is 128 Å². The molecular weight excluding hydrogens is 392 g/mol. The summed E-state index contributed by atoms with van der Waals surface area (Å²) in [6.45, 7) is -0.701. The number of aliphatic carboxylic acids is 1. The first-order valence-corrected chi connectivity index (χ1v) is 9.84. The molecule has 1 aromatic heterocycles. The van der Waals surface area contributed by atoms with E-state index in [4.69, 9.17) is 5.11 Å². The number of para-hydroxylation sites is 1. The number of phenolic OH excluding ortho intramolecular Hbond substituents is 1. The summed E-state index contributed by atoms with van der Waals surface area (Å²) < 4.78 is 0. The zero-order chi connectivity index (χ0) is 19.3. The van der Waals surface area contributed by atoms with E-state index < -0.39 is 35.7 Å². The molecule has 0 unspecified atom stereocenters. The number of nitrogens with one attached hydrogen (secondary N) is 1. The monoisotopic (exact) mass is 406 g/mol. The molecule has 4 rings (SSSR count). The average Bonchev–Trinajstić information content (AvgIpc) is 3.09. The van der Waals surface area contributed by atoms with Crippen LogP contribution in [0.4, 0.5) is 0 Å². The number of imide groups is 1. The predicted molar refractivity (Wildman–Crippen MR) is 97.0 cm³/mol. The summed E-state index contributed by atoms with van der Waals surface area (Å²) in [5.41, 5.74) is -0.804. The Hall–Kier alpha value is -2.59. The Morgan fingerprint density at radius 3 is 2.74 bits per heavy atom. The standard InChI is InChI=1S/C17H14N2O6S2/c20-9-4-2-1-3-8(9)12-13-14(18-16(25)27-13)26-7-17(12)5-10(21)19(15(17)24)6-11(22)23/h1-4,12,20H,5-7H2,(H,18,25)(H,22,23)/t12-,17-/m0/s1. The van der Waals surface area contributed by atoms with E-state index in [0.717, 1.165) is 16.2 Å². The number of carboxylic acid groups (broad SMARTS) is 1. The summed E-state index contributed by atoms with van der Waals surface area (Å²) in [4.78, 5) is 52.5. The van der Waals surface area contributed by atoms with E-state index in [1.165, 1.54) is 17.8 Å². The summed E-state index contributed by atoms with van der Waals surface area (Å²) in [5.74, 6) is -2.97. The molecule has 0 saturated carbocycles. The molecule has 10 heteroatoms. The minimum atomic E-state index is -1.27. The number of nitrogens with zero attached hydrogens (tertiary/aromatic N) is 1. The van der Waals surface area contributed by atoms with E-state index in [0.29, 0.717) is 15.5 Å². The molecule has 8 nitrogen and oxygen atoms in total. The largest absolute Gasteiger partial charge is 0.508 e. The number of thioether (sulfide) groups is 1. The van der Waals surface area contributed by atoms with Gasteiger partial charge in [0, 0.05) is 28.5 Å². The van der Waals surface area contributed by atoms with Gasteiger partial charge in [0.15, 0.2) is 0 Å². The van der Waals surface area contributed by atoms with E-state index in [-0.39, 0.29) is 22.8 Å². The molecule has 0 radical (unpaired) electrons. The van der Waals surface area contributed by atoms with Gasteiger partial charge in [0.05, 0.1) is 10.4 Å². The molecule has 2 atom stereocenters. The van der Waals surface area contributed by atoms with Crippen molar-refractivity contribution in [2.75, 3.05) is 12.3 Å². The zero-order valence-electron chi connectivity index (χ0n) is 13.8. The first-order chi connectivity index (χ1) is 12.8. The summed E-state index contributed by atoms with van der Waals surface area (Å²) in [6.07, 6.45) is -0.170. The lowest BCUT2D eigenvalue weighted by molar-refractivity contribution is -0.150. The van der Waals surface area contributed by atoms with Gasteiger partial charge in [-0.15, -0.1) is 11.8 Å². The molecule has 0 bridgehead atoms. The van der Waals surface area contributed by atoms with Crippen LogP contribution in [0.15, 0.2) is 34.1 Å². The summed E-state index contributed by atoms with van der Waals surface area (Å²) >= 11 is 2.20. The Balaban J connectivity index is 1.91. The summed E-state index contributed by atoms with van der Waals surface area (Å²) in [6, 6.07) is 6.48. The number of likely N-dealkylation sites (tertiary alicyclic amines) is 1. The number of phenols is 1. The van der Waals surface area contributed by atoms with Crippen molar-refractivity contribution in [1.29, 1.82) is 0 Å². The van der Waals surface area contributed by atoms with Crippen molar-refractivity contribution in [2.24, 2.45) is 5.41 Å². The Kier molecular flexibility index (Phi) is 4.11. The van der Waals surface area contributed by atoms with Crippen molar-refractivity contribution < 1.29 is 24.6 Å². The van der Waals surface area contributed by atoms with E-state index in [9.17, 15) is 24.3 Å². The first-order valence-electron chi connectivity index (χ1n) is 8.04. The fourth-order valence-electron chi connectivity index (χ4n) is 3.79. The Morgan fingerprint density at radius 2 is 2.04 bits per heavy atom. The second-order valence-corrected chi connectivity index (χ2v) is 8.50. The van der Waals surface area contributed by atoms with Gasteiger partial charge in [-0.25, -0.2) is 0 Å². The second-order valence-electron chi connectivity index (χ2n) is 6.50. The Morgan fingerprint density at radius 1 is 1.30 bits per heavy atom. The van der Waals surface area contributed by atoms with Gasteiger partial charge in [-0.2, -0.15) is 0 Å². The fraction of sp³-hybridized carbons (Fsp3) is 0.294. The number of H-pyrrole nitrogens is 1. The highest BCUT2D eigenvalue weighted by molar-refractivity contribution is 7.99. The van der Waals surface area contributed by atoms with Crippen LogP contribution in [0.2, 0.25) is 0 Å². The van der Waals surface area contributed by atoms with Crippen LogP contribution in [0.25, 0.3) is 0 Å². The summed E-state index contributed by atoms with van der Waals surface area (Å²) in [7, 11) is 0. The number of aromatic hydroxyl groups is 1. The number of carbonyl (C=O) groups excluding carboxylic acids is 2. The maximum atomic E-state index is 13.2. The minimum absolute atomic E-state index is 0.0440. The van der Waals surface area contributed by atoms with Gasteiger partial charge in [0.25, 0.3) is 0 Å². The lowest BCUT2D eigenvalue weighted by atomic mass is 9.70. The third-order valence-electron chi connectivity index (χ3n) is 4.91. The third kappa shape index (κ3) is 2.67. The fourth-order valence-corrected chi connectivity index (χ4v) is 6.34. The van der Waals surface area contributed by atoms with Gasteiger partial charge >= 0.3 is 10.8 Å². The van der Waals surface area contributed by atoms with E-state index in [2.05, 4.69) is 4.98 Å². The smallest absolute Gasteiger partial charge is 0.323 e. The molecule has 2 aliphatic heterocycles. The molecular formula is C17H14N2O6S2. The van der Waals surface area contributed by atoms with Gasteiger partial charge < -0.3 is 15.2 Å². The number of hydrogen-bond donors (Lipinski definition) is 3. The average molecular weight is 406 g/mol. The highest BCUT2D eigenvalue weighted by atomic mass is 32.2. The SMILES string of the molecule is O=C(O)CN1C(=O)C[C@@]2(CSc3[nH]c(=O)sc3[C@@H]2c2ccccc2O)C1=O. The zero-order valence-corrected chi connectivity index (χ0v) is 15.4. The van der Waals surface area contributed by atoms with Crippen molar-refractivity contribution in [3.63, 3.8) is 0 Å². The predicted octanol–water partition coefficient (Wildman–Crippen LogP) is 1.21. The number of aromatic nitrogens is 1. The van der Waals surface area contributed by atoms with Gasteiger partial charge in [0.2, 0.25) is 11.8 Å². The molecule has 2 aromatic rings. The van der Waals surface area contributed by atoms with Crippen molar-refractivity contribution in [1.82, 2.24) is 9.88 Å². The van der Waals surface area contributed by atoms with Crippen LogP contribution in [-0.4, -0.2) is 50.2 Å². The number of carboxylic acids is 1. The molecule has 2 amide bonds. The summed E-state index contributed by atoms with van der Waals surface area (Å²) in [5, 5.41) is 20.1. The van der Waals surface area contributed by atoms with E-state index in [1.807, 2.05) is 0 Å². The van der Waals surface area contributed by atoms with Crippen molar-refractivity contribution in [3.05, 3.63) is 44.4 Å². The molecule has 1 aromatic carbocycles. The lowest BCUT2D eigenvalue weighted by Crippen LogP contribution is -2.44. The maximum absolute atomic E-state index is 13.2. The first kappa shape index (κ1) is 17.8. The van der Waals surface area contributed by atoms with Gasteiger partial charge in [0.1, 0.15) is 12.3 Å². The lowest BCUT2D eigenvalue weighted by Gasteiger charge is -2.38. The van der Waals surface area contributed by atoms with Crippen molar-refractivity contribution >= 4 is 40.9 Å². The molecule has 1 spiro atoms. The van der Waals surface area contributed by atoms with Crippen LogP contribution in [-0.2, 0) is 14.4 Å². The molecule has 0 aliphatic carbocycles. The van der Waals surface area contributed by atoms with Gasteiger partial charge in [-0.05, 0) is 6.07 Å². The molecule has 3 heterocycles. The number of benzene rings is 1. The van der Waals surface area contributed by atoms with Crippen molar-refractivity contribution in [2.45, 2.75) is 17.4 Å². The van der Waals surface area contributed by atoms with Crippen LogP contribution >= 0.6 is 23.1 Å². The third-order valence-corrected chi connectivity index (χ3v) is 7.26. The Bertz CT molecular complexity index is 1030. The quantitative estimate of drug-likeness (QED) is 0.654. The number of fused-ring (bicyclic) bond motifs is 1. The van der Waals surface area contributed by atoms with Crippen LogP contribution in [0.5, 0.6) is 5.75 Å². The number of hydrogen-bond acceptors (Lipinski definition) is 7. The Labute approximate surface area is 160 Å². The number of aromatic amines is 1. The molecule has 27 heavy (non-hydrogen) atoms. The minimum Gasteiger partial charge on any atom is -0.508 e. The maximum Gasteiger partial charge on any atom is 0.323 e. The molecule has 140 valence electrons. The molecule has 2 aliphatic rings. The number of carbonyl (C=O) groups is 3. The number of rotatable bonds is 3. The van der Waals surface area contributed by atoms with Crippen LogP contribution in [0.3, 0.4) is 0 Å². The molecule has 3 N–H and O–H groups in total. The van der Waals surface area contributed by atoms with E-state index in [1.54, 1.807) is 18.2 Å². The van der Waals surface area contributed by atoms with Gasteiger partial charge in [-0.3, -0.25) is 24.1 Å².